The SMILES string of the molecule is C[C@@H]1Cc2c([nH]c3ccccc23)[C@@H](c2ccn(CCCN3CC(CF)C3)c(=O)c2)N1CC(C)(C)C. The summed E-state index contributed by atoms with van der Waals surface area (Å²) < 4.78 is 14.5. The number of hydrogen-bond acceptors (Lipinski definition) is 3. The molecule has 2 aliphatic rings. The fraction of sp³-hybridized carbons (Fsp3) is 0.552. The highest BCUT2D eigenvalue weighted by Gasteiger charge is 2.37. The van der Waals surface area contributed by atoms with Gasteiger partial charge in [-0.3, -0.25) is 14.1 Å². The predicted octanol–water partition coefficient (Wildman–Crippen LogP) is 5.00. The molecule has 0 saturated carbocycles. The molecule has 0 amide bonds. The number of nitrogens with one attached hydrogen (secondary N) is 1. The Hall–Kier alpha value is -2.44. The maximum atomic E-state index is 13.2. The number of fused-ring (bicyclic) bond motifs is 3. The van der Waals surface area contributed by atoms with E-state index in [2.05, 4.69) is 72.8 Å². The molecule has 3 aromatic rings. The summed E-state index contributed by atoms with van der Waals surface area (Å²) in [5, 5.41) is 1.30. The summed E-state index contributed by atoms with van der Waals surface area (Å²) in [7, 11) is 0. The molecular weight excluding hydrogens is 439 g/mol. The molecule has 2 aromatic heterocycles. The van der Waals surface area contributed by atoms with Crippen molar-refractivity contribution in [2.45, 2.75) is 59.2 Å². The van der Waals surface area contributed by atoms with E-state index >= 15 is 0 Å². The minimum Gasteiger partial charge on any atom is -0.357 e. The molecular formula is C29H39FN4O. The molecule has 0 aliphatic carbocycles. The smallest absolute Gasteiger partial charge is 0.250 e. The minimum atomic E-state index is -0.221. The molecule has 0 radical (unpaired) electrons. The molecule has 2 atom stereocenters. The molecule has 4 heterocycles. The van der Waals surface area contributed by atoms with Crippen LogP contribution in [0, 0.1) is 11.3 Å². The molecule has 5 nitrogen and oxygen atoms in total. The highest BCUT2D eigenvalue weighted by molar-refractivity contribution is 5.85. The summed E-state index contributed by atoms with van der Waals surface area (Å²) in [6.45, 7) is 13.2. The van der Waals surface area contributed by atoms with E-state index in [1.165, 1.54) is 22.2 Å². The zero-order valence-corrected chi connectivity index (χ0v) is 21.6. The number of H-pyrrole nitrogens is 1. The topological polar surface area (TPSA) is 44.3 Å². The summed E-state index contributed by atoms with van der Waals surface area (Å²) in [6, 6.07) is 12.9. The first-order chi connectivity index (χ1) is 16.7. The van der Waals surface area contributed by atoms with E-state index in [1.54, 1.807) is 0 Å². The third-order valence-electron chi connectivity index (χ3n) is 7.63. The van der Waals surface area contributed by atoms with Gasteiger partial charge in [0.05, 0.1) is 12.7 Å². The molecule has 1 saturated heterocycles. The van der Waals surface area contributed by atoms with E-state index in [0.717, 1.165) is 44.6 Å². The van der Waals surface area contributed by atoms with Crippen LogP contribution in [0.4, 0.5) is 4.39 Å². The van der Waals surface area contributed by atoms with Gasteiger partial charge in [-0.1, -0.05) is 39.0 Å². The summed E-state index contributed by atoms with van der Waals surface area (Å²) >= 11 is 0. The number of hydrogen-bond donors (Lipinski definition) is 1. The zero-order valence-electron chi connectivity index (χ0n) is 21.6. The second-order valence-electron chi connectivity index (χ2n) is 11.9. The van der Waals surface area contributed by atoms with Crippen molar-refractivity contribution in [1.82, 2.24) is 19.4 Å². The Morgan fingerprint density at radius 2 is 1.89 bits per heavy atom. The van der Waals surface area contributed by atoms with Crippen LogP contribution in [0.3, 0.4) is 0 Å². The lowest BCUT2D eigenvalue weighted by Gasteiger charge is -2.44. The van der Waals surface area contributed by atoms with Gasteiger partial charge in [-0.05, 0) is 55.0 Å². The van der Waals surface area contributed by atoms with Crippen molar-refractivity contribution in [1.29, 1.82) is 0 Å². The molecule has 5 rings (SSSR count). The highest BCUT2D eigenvalue weighted by atomic mass is 19.1. The molecule has 0 bridgehead atoms. The number of alkyl halides is 1. The fourth-order valence-corrected chi connectivity index (χ4v) is 5.96. The van der Waals surface area contributed by atoms with Gasteiger partial charge in [0.2, 0.25) is 0 Å². The van der Waals surface area contributed by atoms with E-state index in [0.29, 0.717) is 12.6 Å². The maximum absolute atomic E-state index is 13.2. The van der Waals surface area contributed by atoms with Crippen LogP contribution in [0.25, 0.3) is 10.9 Å². The van der Waals surface area contributed by atoms with Crippen LogP contribution >= 0.6 is 0 Å². The Morgan fingerprint density at radius 3 is 2.60 bits per heavy atom. The van der Waals surface area contributed by atoms with E-state index in [4.69, 9.17) is 0 Å². The third kappa shape index (κ3) is 4.96. The van der Waals surface area contributed by atoms with E-state index < -0.39 is 0 Å². The number of para-hydroxylation sites is 1. The zero-order chi connectivity index (χ0) is 24.7. The molecule has 6 heteroatoms. The van der Waals surface area contributed by atoms with Crippen LogP contribution in [0.15, 0.2) is 47.4 Å². The Balaban J connectivity index is 1.42. The van der Waals surface area contributed by atoms with Crippen molar-refractivity contribution >= 4 is 10.9 Å². The van der Waals surface area contributed by atoms with Gasteiger partial charge >= 0.3 is 0 Å². The van der Waals surface area contributed by atoms with Crippen LogP contribution in [-0.4, -0.2) is 58.2 Å². The van der Waals surface area contributed by atoms with Crippen molar-refractivity contribution < 1.29 is 4.39 Å². The normalized spacial score (nSPS) is 21.9. The number of aromatic nitrogens is 2. The van der Waals surface area contributed by atoms with Crippen molar-refractivity contribution in [3.05, 3.63) is 69.8 Å². The molecule has 1 N–H and O–H groups in total. The monoisotopic (exact) mass is 478 g/mol. The fourth-order valence-electron chi connectivity index (χ4n) is 5.96. The number of benzene rings is 1. The van der Waals surface area contributed by atoms with Crippen LogP contribution < -0.4 is 5.56 Å². The average Bonchev–Trinajstić information content (AvgIpc) is 3.14. The van der Waals surface area contributed by atoms with Gasteiger partial charge in [-0.15, -0.1) is 0 Å². The number of likely N-dealkylation sites (tertiary alicyclic amines) is 1. The molecule has 1 fully saturated rings. The summed E-state index contributed by atoms with van der Waals surface area (Å²) in [5.74, 6) is 0.209. The summed E-state index contributed by atoms with van der Waals surface area (Å²) in [5.41, 5.74) is 5.03. The number of nitrogens with zero attached hydrogens (tertiary/aromatic N) is 3. The number of aryl methyl sites for hydroxylation is 1. The summed E-state index contributed by atoms with van der Waals surface area (Å²) in [4.78, 5) is 21.7. The second kappa shape index (κ2) is 9.55. The van der Waals surface area contributed by atoms with Crippen molar-refractivity contribution in [3.8, 4) is 0 Å². The first-order valence-electron chi connectivity index (χ1n) is 13.1. The molecule has 0 unspecified atom stereocenters. The van der Waals surface area contributed by atoms with Gasteiger partial charge < -0.3 is 14.5 Å². The van der Waals surface area contributed by atoms with Crippen LogP contribution in [0.2, 0.25) is 0 Å². The van der Waals surface area contributed by atoms with Gasteiger partial charge in [-0.2, -0.15) is 0 Å². The van der Waals surface area contributed by atoms with Crippen LogP contribution in [0.5, 0.6) is 0 Å². The number of halogens is 1. The van der Waals surface area contributed by atoms with Crippen molar-refractivity contribution in [2.75, 3.05) is 32.9 Å². The Labute approximate surface area is 207 Å². The van der Waals surface area contributed by atoms with Gasteiger partial charge in [0.15, 0.2) is 0 Å². The molecule has 35 heavy (non-hydrogen) atoms. The van der Waals surface area contributed by atoms with Crippen LogP contribution in [0.1, 0.15) is 57.0 Å². The second-order valence-corrected chi connectivity index (χ2v) is 11.9. The lowest BCUT2D eigenvalue weighted by atomic mass is 9.86. The summed E-state index contributed by atoms with van der Waals surface area (Å²) in [6.07, 6.45) is 3.87. The lowest BCUT2D eigenvalue weighted by molar-refractivity contribution is 0.0787. The lowest BCUT2D eigenvalue weighted by Crippen LogP contribution is -2.48. The first-order valence-corrected chi connectivity index (χ1v) is 13.1. The van der Waals surface area contributed by atoms with Crippen LogP contribution in [-0.2, 0) is 13.0 Å². The molecule has 188 valence electrons. The quantitative estimate of drug-likeness (QED) is 0.520. The minimum absolute atomic E-state index is 0.0291. The van der Waals surface area contributed by atoms with E-state index in [9.17, 15) is 9.18 Å². The van der Waals surface area contributed by atoms with Crippen molar-refractivity contribution in [2.24, 2.45) is 11.3 Å². The highest BCUT2D eigenvalue weighted by Crippen LogP contribution is 2.41. The van der Waals surface area contributed by atoms with E-state index in [-0.39, 0.29) is 29.6 Å². The van der Waals surface area contributed by atoms with Gasteiger partial charge in [0.1, 0.15) is 0 Å². The van der Waals surface area contributed by atoms with Gasteiger partial charge in [-0.25, -0.2) is 0 Å². The predicted molar refractivity (Wildman–Crippen MR) is 141 cm³/mol. The first kappa shape index (κ1) is 24.3. The Kier molecular flexibility index (Phi) is 6.62. The number of aromatic amines is 1. The largest absolute Gasteiger partial charge is 0.357 e. The molecule has 1 aromatic carbocycles. The number of pyridine rings is 1. The van der Waals surface area contributed by atoms with E-state index in [1.807, 2.05) is 16.8 Å². The third-order valence-corrected chi connectivity index (χ3v) is 7.63. The van der Waals surface area contributed by atoms with Crippen molar-refractivity contribution in [3.63, 3.8) is 0 Å². The van der Waals surface area contributed by atoms with Gasteiger partial charge in [0.25, 0.3) is 5.56 Å². The Bertz CT molecular complexity index is 1230. The Morgan fingerprint density at radius 1 is 1.11 bits per heavy atom. The molecule has 0 spiro atoms. The number of rotatable bonds is 7. The van der Waals surface area contributed by atoms with Gasteiger partial charge in [0, 0.05) is 67.0 Å². The molecule has 2 aliphatic heterocycles. The standard InChI is InChI=1S/C29H39FN4O/c1-20-14-24-23-8-5-6-9-25(23)31-27(24)28(34(20)19-29(2,3)4)22-10-13-33(26(35)15-22)12-7-11-32-17-21(16-30)18-32/h5-6,8-10,13,15,20-21,28,31H,7,11-12,14,16-19H2,1-4H3/t20-,28-/m1/s1. The average molecular weight is 479 g/mol. The maximum Gasteiger partial charge on any atom is 0.250 e.